The van der Waals surface area contributed by atoms with Crippen molar-refractivity contribution in [1.29, 1.82) is 0 Å². The van der Waals surface area contributed by atoms with E-state index in [0.717, 1.165) is 21.4 Å². The van der Waals surface area contributed by atoms with Gasteiger partial charge < -0.3 is 9.47 Å². The average Bonchev–Trinajstić information content (AvgIpc) is 2.99. The van der Waals surface area contributed by atoms with Crippen molar-refractivity contribution in [3.63, 3.8) is 0 Å². The van der Waals surface area contributed by atoms with Gasteiger partial charge in [0.15, 0.2) is 0 Å². The fourth-order valence-corrected chi connectivity index (χ4v) is 3.22. The van der Waals surface area contributed by atoms with E-state index in [-0.39, 0.29) is 12.2 Å². The van der Waals surface area contributed by atoms with Gasteiger partial charge in [-0.15, -0.1) is 0 Å². The van der Waals surface area contributed by atoms with Gasteiger partial charge in [-0.2, -0.15) is 13.2 Å². The van der Waals surface area contributed by atoms with Crippen LogP contribution in [0.3, 0.4) is 0 Å². The Morgan fingerprint density at radius 3 is 2.37 bits per heavy atom. The minimum absolute atomic E-state index is 0.0607. The van der Waals surface area contributed by atoms with Gasteiger partial charge in [-0.3, -0.25) is 4.79 Å². The number of rotatable bonds is 6. The molecule has 0 saturated heterocycles. The highest BCUT2D eigenvalue weighted by atomic mass is 19.4. The maximum atomic E-state index is 13.0. The summed E-state index contributed by atoms with van der Waals surface area (Å²) in [4.78, 5) is 13.9. The van der Waals surface area contributed by atoms with Crippen LogP contribution >= 0.6 is 0 Å². The molecule has 0 N–H and O–H groups in total. The number of para-hydroxylation sites is 1. The number of nitrogens with zero attached hydrogens (tertiary/aromatic N) is 2. The molecule has 0 bridgehead atoms. The molecule has 0 fully saturated rings. The average molecular weight is 374 g/mol. The summed E-state index contributed by atoms with van der Waals surface area (Å²) in [7, 11) is 0. The maximum absolute atomic E-state index is 13.0. The minimum atomic E-state index is -4.43. The number of hydrogen-bond acceptors (Lipinski definition) is 1. The molecule has 0 unspecified atom stereocenters. The molecule has 6 heteroatoms. The molecule has 142 valence electrons. The summed E-state index contributed by atoms with van der Waals surface area (Å²) in [6.07, 6.45) is -3.97. The highest BCUT2D eigenvalue weighted by Crippen LogP contribution is 2.24. The molecule has 0 atom stereocenters. The molecule has 1 heterocycles. The second-order valence-corrected chi connectivity index (χ2v) is 6.50. The molecule has 1 aromatic heterocycles. The summed E-state index contributed by atoms with van der Waals surface area (Å²) < 4.78 is 40.7. The predicted molar refractivity (Wildman–Crippen MR) is 99.7 cm³/mol. The Morgan fingerprint density at radius 1 is 1.04 bits per heavy atom. The zero-order chi connectivity index (χ0) is 19.4. The van der Waals surface area contributed by atoms with Crippen LogP contribution < -0.4 is 0 Å². The fourth-order valence-electron chi connectivity index (χ4n) is 3.22. The second kappa shape index (κ2) is 7.86. The third-order valence-electron chi connectivity index (χ3n) is 4.36. The lowest BCUT2D eigenvalue weighted by Crippen LogP contribution is -2.40. The Balaban J connectivity index is 2.04. The van der Waals surface area contributed by atoms with Crippen LogP contribution in [-0.4, -0.2) is 34.6 Å². The van der Waals surface area contributed by atoms with E-state index in [9.17, 15) is 18.0 Å². The smallest absolute Gasteiger partial charge is 0.332 e. The van der Waals surface area contributed by atoms with Crippen LogP contribution in [0.25, 0.3) is 10.9 Å². The van der Waals surface area contributed by atoms with Crippen LogP contribution in [0.5, 0.6) is 0 Å². The van der Waals surface area contributed by atoms with Crippen LogP contribution in [-0.2, 0) is 6.54 Å². The van der Waals surface area contributed by atoms with Gasteiger partial charge in [0.2, 0.25) is 0 Å². The molecule has 27 heavy (non-hydrogen) atoms. The minimum Gasteiger partial charge on any atom is -0.332 e. The van der Waals surface area contributed by atoms with E-state index < -0.39 is 18.6 Å². The summed E-state index contributed by atoms with van der Waals surface area (Å²) in [6.45, 7) is 0.995. The molecular formula is C21H21F3N2O. The molecule has 0 aliphatic carbocycles. The number of halogens is 3. The topological polar surface area (TPSA) is 25.2 Å². The Hall–Kier alpha value is -2.76. The Labute approximate surface area is 156 Å². The Bertz CT molecular complexity index is 916. The number of alkyl halides is 3. The summed E-state index contributed by atoms with van der Waals surface area (Å²) in [5.41, 5.74) is 2.08. The summed E-state index contributed by atoms with van der Waals surface area (Å²) in [5.74, 6) is -0.596. The van der Waals surface area contributed by atoms with Gasteiger partial charge in [-0.1, -0.05) is 55.5 Å². The van der Waals surface area contributed by atoms with Crippen molar-refractivity contribution in [2.24, 2.45) is 0 Å². The molecule has 0 saturated carbocycles. The number of amides is 1. The molecule has 0 aliphatic heterocycles. The normalized spacial score (nSPS) is 11.7. The van der Waals surface area contributed by atoms with Crippen molar-refractivity contribution < 1.29 is 18.0 Å². The van der Waals surface area contributed by atoms with Crippen LogP contribution in [0, 0.1) is 0 Å². The second-order valence-electron chi connectivity index (χ2n) is 6.50. The van der Waals surface area contributed by atoms with Gasteiger partial charge in [0.1, 0.15) is 12.2 Å². The van der Waals surface area contributed by atoms with Gasteiger partial charge in [0.25, 0.3) is 5.91 Å². The molecule has 0 radical (unpaired) electrons. The van der Waals surface area contributed by atoms with Gasteiger partial charge in [0.05, 0.1) is 0 Å². The van der Waals surface area contributed by atoms with Gasteiger partial charge in [-0.05, 0) is 24.1 Å². The third-order valence-corrected chi connectivity index (χ3v) is 4.36. The first-order valence-electron chi connectivity index (χ1n) is 8.87. The first kappa shape index (κ1) is 19.0. The lowest BCUT2D eigenvalue weighted by molar-refractivity contribution is -0.140. The first-order valence-corrected chi connectivity index (χ1v) is 8.87. The molecule has 3 aromatic rings. The first-order chi connectivity index (χ1) is 12.9. The zero-order valence-corrected chi connectivity index (χ0v) is 15.0. The Morgan fingerprint density at radius 2 is 1.70 bits per heavy atom. The van der Waals surface area contributed by atoms with Crippen molar-refractivity contribution in [3.8, 4) is 0 Å². The number of carbonyl (C=O) groups excluding carboxylic acids is 1. The third kappa shape index (κ3) is 4.51. The van der Waals surface area contributed by atoms with E-state index in [0.29, 0.717) is 13.0 Å². The molecular weight excluding hydrogens is 353 g/mol. The summed E-state index contributed by atoms with van der Waals surface area (Å²) >= 11 is 0. The number of carbonyl (C=O) groups is 1. The number of hydrogen-bond donors (Lipinski definition) is 0. The van der Waals surface area contributed by atoms with Crippen LogP contribution in [0.4, 0.5) is 13.2 Å². The molecule has 3 nitrogen and oxygen atoms in total. The van der Waals surface area contributed by atoms with Crippen LogP contribution in [0.1, 0.15) is 29.4 Å². The number of aromatic nitrogens is 1. The monoisotopic (exact) mass is 374 g/mol. The molecule has 0 spiro atoms. The highest BCUT2D eigenvalue weighted by Gasteiger charge is 2.34. The predicted octanol–water partition coefficient (Wildman–Crippen LogP) is 5.10. The van der Waals surface area contributed by atoms with E-state index >= 15 is 0 Å². The largest absolute Gasteiger partial charge is 0.406 e. The van der Waals surface area contributed by atoms with Crippen molar-refractivity contribution in [2.45, 2.75) is 26.1 Å². The molecule has 1 amide bonds. The van der Waals surface area contributed by atoms with Crippen LogP contribution in [0.15, 0.2) is 60.7 Å². The lowest BCUT2D eigenvalue weighted by Gasteiger charge is -2.24. The Kier molecular flexibility index (Phi) is 5.54. The lowest BCUT2D eigenvalue weighted by atomic mass is 10.2. The van der Waals surface area contributed by atoms with E-state index in [1.54, 1.807) is 17.6 Å². The zero-order valence-electron chi connectivity index (χ0n) is 15.0. The molecule has 3 rings (SSSR count). The highest BCUT2D eigenvalue weighted by molar-refractivity contribution is 5.98. The number of benzene rings is 2. The van der Waals surface area contributed by atoms with Crippen molar-refractivity contribution in [3.05, 3.63) is 71.9 Å². The van der Waals surface area contributed by atoms with Crippen LogP contribution in [0.2, 0.25) is 0 Å². The van der Waals surface area contributed by atoms with Crippen molar-refractivity contribution >= 4 is 16.8 Å². The SMILES string of the molecule is CCCN(CC(F)(F)F)C(=O)c1cc2ccccc2n1Cc1ccccc1. The van der Waals surface area contributed by atoms with E-state index in [2.05, 4.69) is 0 Å². The van der Waals surface area contributed by atoms with E-state index in [1.807, 2.05) is 54.6 Å². The summed E-state index contributed by atoms with van der Waals surface area (Å²) in [6, 6.07) is 18.7. The molecule has 2 aromatic carbocycles. The quantitative estimate of drug-likeness (QED) is 0.589. The fraction of sp³-hybridized carbons (Fsp3) is 0.286. The maximum Gasteiger partial charge on any atom is 0.406 e. The molecule has 0 aliphatic rings. The standard InChI is InChI=1S/C21H21F3N2O/c1-2-12-25(15-21(22,23)24)20(27)19-13-17-10-6-7-11-18(17)26(19)14-16-8-4-3-5-9-16/h3-11,13H,2,12,14-15H2,1H3. The van der Waals surface area contributed by atoms with Gasteiger partial charge >= 0.3 is 6.18 Å². The van der Waals surface area contributed by atoms with Gasteiger partial charge in [0, 0.05) is 24.0 Å². The van der Waals surface area contributed by atoms with E-state index in [1.165, 1.54) is 0 Å². The van der Waals surface area contributed by atoms with Crippen molar-refractivity contribution in [2.75, 3.05) is 13.1 Å². The van der Waals surface area contributed by atoms with Gasteiger partial charge in [-0.25, -0.2) is 0 Å². The van der Waals surface area contributed by atoms with Crippen molar-refractivity contribution in [1.82, 2.24) is 9.47 Å². The number of fused-ring (bicyclic) bond motifs is 1. The van der Waals surface area contributed by atoms with E-state index in [4.69, 9.17) is 0 Å². The summed E-state index contributed by atoms with van der Waals surface area (Å²) in [5, 5.41) is 0.834.